The first-order chi connectivity index (χ1) is 14.0. The molecular formula is C22H27N3O4. The van der Waals surface area contributed by atoms with Crippen molar-refractivity contribution in [2.75, 3.05) is 41.0 Å². The lowest BCUT2D eigenvalue weighted by Gasteiger charge is -2.26. The summed E-state index contributed by atoms with van der Waals surface area (Å²) in [6.07, 6.45) is 0. The van der Waals surface area contributed by atoms with Crippen LogP contribution in [0, 0.1) is 11.3 Å². The number of carbonyl (C=O) groups is 1. The number of ether oxygens (including phenoxy) is 3. The Balaban J connectivity index is 1.99. The van der Waals surface area contributed by atoms with Crippen molar-refractivity contribution in [1.82, 2.24) is 10.2 Å². The molecule has 0 aliphatic rings. The van der Waals surface area contributed by atoms with Crippen molar-refractivity contribution in [2.45, 2.75) is 13.0 Å². The molecule has 1 atom stereocenters. The van der Waals surface area contributed by atoms with Crippen molar-refractivity contribution in [2.24, 2.45) is 0 Å². The number of nitriles is 1. The molecule has 29 heavy (non-hydrogen) atoms. The maximum Gasteiger partial charge on any atom is 0.258 e. The van der Waals surface area contributed by atoms with Crippen LogP contribution in [-0.4, -0.2) is 51.8 Å². The van der Waals surface area contributed by atoms with Crippen LogP contribution in [0.1, 0.15) is 24.1 Å². The fourth-order valence-corrected chi connectivity index (χ4v) is 2.88. The zero-order valence-corrected chi connectivity index (χ0v) is 17.3. The highest BCUT2D eigenvalue weighted by Crippen LogP contribution is 2.29. The predicted octanol–water partition coefficient (Wildman–Crippen LogP) is 2.76. The van der Waals surface area contributed by atoms with E-state index in [2.05, 4.69) is 11.4 Å². The van der Waals surface area contributed by atoms with Crippen molar-refractivity contribution < 1.29 is 19.0 Å². The first-order valence-electron chi connectivity index (χ1n) is 9.35. The second-order valence-corrected chi connectivity index (χ2v) is 6.52. The summed E-state index contributed by atoms with van der Waals surface area (Å²) in [4.78, 5) is 14.4. The van der Waals surface area contributed by atoms with Crippen LogP contribution >= 0.6 is 0 Å². The van der Waals surface area contributed by atoms with Crippen molar-refractivity contribution in [3.8, 4) is 23.3 Å². The molecule has 2 aromatic carbocycles. The molecule has 0 heterocycles. The maximum atomic E-state index is 12.3. The number of hydrogen-bond donors (Lipinski definition) is 1. The Morgan fingerprint density at radius 1 is 1.14 bits per heavy atom. The van der Waals surface area contributed by atoms with Crippen LogP contribution in [0.4, 0.5) is 0 Å². The topological polar surface area (TPSA) is 83.8 Å². The van der Waals surface area contributed by atoms with E-state index in [1.54, 1.807) is 25.3 Å². The Kier molecular flexibility index (Phi) is 8.31. The highest BCUT2D eigenvalue weighted by Gasteiger charge is 2.19. The first kappa shape index (κ1) is 22.1. The van der Waals surface area contributed by atoms with Crippen LogP contribution in [-0.2, 0) is 4.79 Å². The third kappa shape index (κ3) is 6.13. The van der Waals surface area contributed by atoms with Gasteiger partial charge in [-0.15, -0.1) is 0 Å². The maximum absolute atomic E-state index is 12.3. The number of para-hydroxylation sites is 1. The predicted molar refractivity (Wildman–Crippen MR) is 110 cm³/mol. The Hall–Kier alpha value is -3.24. The molecule has 7 heteroatoms. The lowest BCUT2D eigenvalue weighted by molar-refractivity contribution is -0.123. The molecule has 0 bridgehead atoms. The van der Waals surface area contributed by atoms with Gasteiger partial charge in [0, 0.05) is 18.2 Å². The van der Waals surface area contributed by atoms with Crippen molar-refractivity contribution in [3.63, 3.8) is 0 Å². The molecule has 0 spiro atoms. The molecule has 0 aromatic heterocycles. The molecule has 1 amide bonds. The zero-order valence-electron chi connectivity index (χ0n) is 17.3. The summed E-state index contributed by atoms with van der Waals surface area (Å²) in [6.45, 7) is 2.52. The van der Waals surface area contributed by atoms with E-state index in [-0.39, 0.29) is 18.6 Å². The standard InChI is InChI=1S/C22H27N3O4/c1-5-28-21-12-16(13-23)10-11-20(21)29-15-22(26)24-14-18(25(2)3)17-8-6-7-9-19(17)27-4/h6-12,18H,5,14-15H2,1-4H3,(H,24,26). The molecule has 0 aliphatic heterocycles. The van der Waals surface area contributed by atoms with E-state index >= 15 is 0 Å². The van der Waals surface area contributed by atoms with Gasteiger partial charge in [-0.1, -0.05) is 18.2 Å². The van der Waals surface area contributed by atoms with Crippen molar-refractivity contribution in [1.29, 1.82) is 5.26 Å². The van der Waals surface area contributed by atoms with Gasteiger partial charge in [0.15, 0.2) is 18.1 Å². The van der Waals surface area contributed by atoms with E-state index in [0.717, 1.165) is 11.3 Å². The summed E-state index contributed by atoms with van der Waals surface area (Å²) >= 11 is 0. The first-order valence-corrected chi connectivity index (χ1v) is 9.35. The largest absolute Gasteiger partial charge is 0.496 e. The second-order valence-electron chi connectivity index (χ2n) is 6.52. The van der Waals surface area contributed by atoms with E-state index in [1.165, 1.54) is 0 Å². The number of nitrogens with one attached hydrogen (secondary N) is 1. The van der Waals surface area contributed by atoms with Crippen LogP contribution in [0.15, 0.2) is 42.5 Å². The highest BCUT2D eigenvalue weighted by atomic mass is 16.5. The molecule has 0 radical (unpaired) electrons. The van der Waals surface area contributed by atoms with Crippen molar-refractivity contribution >= 4 is 5.91 Å². The van der Waals surface area contributed by atoms with Gasteiger partial charge in [0.1, 0.15) is 5.75 Å². The minimum Gasteiger partial charge on any atom is -0.496 e. The summed E-state index contributed by atoms with van der Waals surface area (Å²) in [6, 6.07) is 14.6. The normalized spacial score (nSPS) is 11.4. The monoisotopic (exact) mass is 397 g/mol. The molecule has 1 N–H and O–H groups in total. The SMILES string of the molecule is CCOc1cc(C#N)ccc1OCC(=O)NCC(c1ccccc1OC)N(C)C. The van der Waals surface area contributed by atoms with Crippen LogP contribution < -0.4 is 19.5 Å². The third-order valence-electron chi connectivity index (χ3n) is 4.35. The molecule has 0 saturated carbocycles. The van der Waals surface area contributed by atoms with Gasteiger partial charge in [0.2, 0.25) is 0 Å². The van der Waals surface area contributed by atoms with E-state index in [9.17, 15) is 4.79 Å². The number of nitrogens with zero attached hydrogens (tertiary/aromatic N) is 2. The number of rotatable bonds is 10. The number of methoxy groups -OCH3 is 1. The van der Waals surface area contributed by atoms with Crippen LogP contribution in [0.25, 0.3) is 0 Å². The van der Waals surface area contributed by atoms with E-state index < -0.39 is 0 Å². The Labute approximate surface area is 171 Å². The number of hydrogen-bond acceptors (Lipinski definition) is 6. The van der Waals surface area contributed by atoms with Gasteiger partial charge in [0.25, 0.3) is 5.91 Å². The molecule has 7 nitrogen and oxygen atoms in total. The van der Waals surface area contributed by atoms with Gasteiger partial charge in [-0.05, 0) is 39.2 Å². The van der Waals surface area contributed by atoms with Gasteiger partial charge in [-0.2, -0.15) is 5.26 Å². The summed E-state index contributed by atoms with van der Waals surface area (Å²) < 4.78 is 16.5. The van der Waals surface area contributed by atoms with Crippen LogP contribution in [0.3, 0.4) is 0 Å². The number of amides is 1. The smallest absolute Gasteiger partial charge is 0.258 e. The van der Waals surface area contributed by atoms with Gasteiger partial charge in [-0.25, -0.2) is 0 Å². The highest BCUT2D eigenvalue weighted by molar-refractivity contribution is 5.77. The minimum absolute atomic E-state index is 0.0519. The van der Waals surface area contributed by atoms with E-state index in [0.29, 0.717) is 30.2 Å². The van der Waals surface area contributed by atoms with Crippen molar-refractivity contribution in [3.05, 3.63) is 53.6 Å². The minimum atomic E-state index is -0.251. The molecule has 2 aromatic rings. The number of likely N-dealkylation sites (N-methyl/N-ethyl adjacent to an activating group) is 1. The molecule has 0 fully saturated rings. The summed E-state index contributed by atoms with van der Waals surface area (Å²) in [5.41, 5.74) is 1.46. The summed E-state index contributed by atoms with van der Waals surface area (Å²) in [7, 11) is 5.53. The molecule has 154 valence electrons. The summed E-state index contributed by atoms with van der Waals surface area (Å²) in [5, 5.41) is 11.9. The molecule has 0 aliphatic carbocycles. The van der Waals surface area contributed by atoms with Crippen LogP contribution in [0.5, 0.6) is 17.2 Å². The average Bonchev–Trinajstić information content (AvgIpc) is 2.73. The van der Waals surface area contributed by atoms with Gasteiger partial charge < -0.3 is 24.4 Å². The van der Waals surface area contributed by atoms with Crippen LogP contribution in [0.2, 0.25) is 0 Å². The molecular weight excluding hydrogens is 370 g/mol. The third-order valence-corrected chi connectivity index (χ3v) is 4.35. The number of carbonyl (C=O) groups excluding carboxylic acids is 1. The fraction of sp³-hybridized carbons (Fsp3) is 0.364. The fourth-order valence-electron chi connectivity index (χ4n) is 2.88. The average molecular weight is 397 g/mol. The molecule has 0 saturated heterocycles. The van der Waals surface area contributed by atoms with Gasteiger partial charge in [0.05, 0.1) is 31.4 Å². The Bertz CT molecular complexity index is 861. The molecule has 1 unspecified atom stereocenters. The van der Waals surface area contributed by atoms with E-state index in [4.69, 9.17) is 19.5 Å². The van der Waals surface area contributed by atoms with Gasteiger partial charge in [-0.3, -0.25) is 4.79 Å². The lowest BCUT2D eigenvalue weighted by Crippen LogP contribution is -2.37. The zero-order chi connectivity index (χ0) is 21.2. The molecule has 2 rings (SSSR count). The Morgan fingerprint density at radius 2 is 1.90 bits per heavy atom. The Morgan fingerprint density at radius 3 is 2.55 bits per heavy atom. The number of benzene rings is 2. The second kappa shape index (κ2) is 10.9. The summed E-state index contributed by atoms with van der Waals surface area (Å²) in [5.74, 6) is 1.39. The lowest BCUT2D eigenvalue weighted by atomic mass is 10.0. The van der Waals surface area contributed by atoms with Gasteiger partial charge >= 0.3 is 0 Å². The quantitative estimate of drug-likeness (QED) is 0.664. The van der Waals surface area contributed by atoms with E-state index in [1.807, 2.05) is 50.2 Å².